The number of hydrogen-bond donors (Lipinski definition) is 3. The highest BCUT2D eigenvalue weighted by atomic mass is 32.1. The van der Waals surface area contributed by atoms with Gasteiger partial charge in [-0.05, 0) is 76.1 Å². The monoisotopic (exact) mass is 525 g/mol. The molecule has 2 aliphatic rings. The zero-order valence-electron chi connectivity index (χ0n) is 20.7. The number of halogens is 2. The summed E-state index contributed by atoms with van der Waals surface area (Å²) in [6.07, 6.45) is 5.41. The zero-order chi connectivity index (χ0) is 25.4. The summed E-state index contributed by atoms with van der Waals surface area (Å²) < 4.78 is 34.3. The number of fused-ring (bicyclic) bond motifs is 2. The first-order valence-corrected chi connectivity index (χ1v) is 13.7. The number of rotatable bonds is 5. The maximum Gasteiger partial charge on any atom is 0.341 e. The standard InChI is InChI=1S/C25H33F2N3O3S2/c1-24(2,3)33-22(31)19-15-8-6-5-7-9-17(15)35-21(19)30-23(32)29-12-16-14-10-11-28-13-18(14)34-20(16)25(4,26)27/h28H,5-13H2,1-4H3,(H2,29,30,32). The second kappa shape index (κ2) is 10.1. The fourth-order valence-electron chi connectivity index (χ4n) is 4.63. The van der Waals surface area contributed by atoms with Crippen molar-refractivity contribution in [1.29, 1.82) is 0 Å². The highest BCUT2D eigenvalue weighted by Crippen LogP contribution is 2.41. The largest absolute Gasteiger partial charge is 0.456 e. The quantitative estimate of drug-likeness (QED) is 0.325. The van der Waals surface area contributed by atoms with E-state index in [2.05, 4.69) is 16.0 Å². The van der Waals surface area contributed by atoms with Crippen molar-refractivity contribution in [2.45, 2.75) is 90.8 Å². The minimum atomic E-state index is -2.98. The van der Waals surface area contributed by atoms with Crippen LogP contribution in [0.5, 0.6) is 0 Å². The first-order chi connectivity index (χ1) is 16.4. The van der Waals surface area contributed by atoms with E-state index < -0.39 is 23.5 Å². The van der Waals surface area contributed by atoms with Gasteiger partial charge in [-0.1, -0.05) is 6.42 Å². The number of alkyl halides is 2. The molecule has 2 aromatic rings. The zero-order valence-corrected chi connectivity index (χ0v) is 22.3. The fraction of sp³-hybridized carbons (Fsp3) is 0.600. The normalized spacial score (nSPS) is 16.2. The summed E-state index contributed by atoms with van der Waals surface area (Å²) in [6, 6.07) is -0.523. The van der Waals surface area contributed by atoms with E-state index in [0.29, 0.717) is 29.1 Å². The molecule has 0 atom stereocenters. The maximum atomic E-state index is 14.3. The molecule has 3 N–H and O–H groups in total. The number of carbonyl (C=O) groups is 2. The van der Waals surface area contributed by atoms with Crippen molar-refractivity contribution in [2.75, 3.05) is 11.9 Å². The van der Waals surface area contributed by atoms with Crippen LogP contribution < -0.4 is 16.0 Å². The van der Waals surface area contributed by atoms with Crippen molar-refractivity contribution in [3.8, 4) is 0 Å². The van der Waals surface area contributed by atoms with Crippen LogP contribution in [0.4, 0.5) is 18.6 Å². The van der Waals surface area contributed by atoms with Gasteiger partial charge in [0.05, 0.1) is 10.4 Å². The van der Waals surface area contributed by atoms with E-state index in [9.17, 15) is 18.4 Å². The molecule has 0 spiro atoms. The van der Waals surface area contributed by atoms with E-state index in [-0.39, 0.29) is 11.4 Å². The van der Waals surface area contributed by atoms with Crippen LogP contribution in [0.3, 0.4) is 0 Å². The Morgan fingerprint density at radius 2 is 1.74 bits per heavy atom. The van der Waals surface area contributed by atoms with Gasteiger partial charge in [0.25, 0.3) is 5.92 Å². The number of urea groups is 1. The Morgan fingerprint density at radius 1 is 1.00 bits per heavy atom. The molecule has 0 fully saturated rings. The SMILES string of the molecule is CC(C)(C)OC(=O)c1c(NC(=O)NCc2c(C(C)(F)F)sc3c2CCNC3)sc2c1CCCCC2. The predicted octanol–water partition coefficient (Wildman–Crippen LogP) is 6.11. The molecule has 0 aromatic carbocycles. The summed E-state index contributed by atoms with van der Waals surface area (Å²) in [7, 11) is 0. The number of carbonyl (C=O) groups excluding carboxylic acids is 2. The van der Waals surface area contributed by atoms with Crippen molar-refractivity contribution in [2.24, 2.45) is 0 Å². The Kier molecular flexibility index (Phi) is 7.54. The summed E-state index contributed by atoms with van der Waals surface area (Å²) >= 11 is 2.53. The lowest BCUT2D eigenvalue weighted by Crippen LogP contribution is -2.31. The third kappa shape index (κ3) is 6.03. The molecule has 0 radical (unpaired) electrons. The van der Waals surface area contributed by atoms with E-state index in [1.165, 1.54) is 11.3 Å². The Morgan fingerprint density at radius 3 is 2.46 bits per heavy atom. The average molecular weight is 526 g/mol. The number of esters is 1. The minimum absolute atomic E-state index is 0.00326. The van der Waals surface area contributed by atoms with Crippen molar-refractivity contribution >= 4 is 39.7 Å². The third-order valence-corrected chi connectivity index (χ3v) is 8.77. The topological polar surface area (TPSA) is 79.5 Å². The Labute approximate surface area is 212 Å². The first-order valence-electron chi connectivity index (χ1n) is 12.1. The molecule has 0 saturated heterocycles. The molecule has 10 heteroatoms. The van der Waals surface area contributed by atoms with Gasteiger partial charge in [0, 0.05) is 29.8 Å². The molecular weight excluding hydrogens is 492 g/mol. The van der Waals surface area contributed by atoms with Gasteiger partial charge in [-0.2, -0.15) is 0 Å². The van der Waals surface area contributed by atoms with Crippen LogP contribution in [-0.4, -0.2) is 24.1 Å². The lowest BCUT2D eigenvalue weighted by molar-refractivity contribution is 0.00693. The summed E-state index contributed by atoms with van der Waals surface area (Å²) in [4.78, 5) is 28.0. The van der Waals surface area contributed by atoms with Crippen LogP contribution in [0.25, 0.3) is 0 Å². The van der Waals surface area contributed by atoms with Gasteiger partial charge in [0.15, 0.2) is 0 Å². The third-order valence-electron chi connectivity index (χ3n) is 6.11. The maximum absolute atomic E-state index is 14.3. The van der Waals surface area contributed by atoms with Crippen molar-refractivity contribution < 1.29 is 23.1 Å². The Balaban J connectivity index is 1.55. The first kappa shape index (κ1) is 26.0. The number of thiophene rings is 2. The van der Waals surface area contributed by atoms with Crippen LogP contribution in [0.2, 0.25) is 0 Å². The fourth-order valence-corrected chi connectivity index (χ4v) is 7.17. The molecule has 192 valence electrons. The molecule has 6 nitrogen and oxygen atoms in total. The van der Waals surface area contributed by atoms with Crippen LogP contribution in [0.1, 0.15) is 88.6 Å². The van der Waals surface area contributed by atoms with Crippen molar-refractivity contribution in [3.05, 3.63) is 36.9 Å². The van der Waals surface area contributed by atoms with E-state index in [1.54, 1.807) is 0 Å². The molecule has 2 amide bonds. The van der Waals surface area contributed by atoms with Gasteiger partial charge >= 0.3 is 12.0 Å². The summed E-state index contributed by atoms with van der Waals surface area (Å²) in [6.45, 7) is 7.62. The second-order valence-corrected chi connectivity index (χ2v) is 12.4. The number of hydrogen-bond acceptors (Lipinski definition) is 6. The number of ether oxygens (including phenoxy) is 1. The Bertz CT molecular complexity index is 1110. The Hall–Kier alpha value is -2.04. The smallest absolute Gasteiger partial charge is 0.341 e. The van der Waals surface area contributed by atoms with Gasteiger partial charge in [0.2, 0.25) is 0 Å². The van der Waals surface area contributed by atoms with E-state index in [0.717, 1.165) is 77.8 Å². The molecular formula is C25H33F2N3O3S2. The molecule has 4 rings (SSSR count). The van der Waals surface area contributed by atoms with Gasteiger partial charge in [-0.25, -0.2) is 18.4 Å². The molecule has 0 bridgehead atoms. The van der Waals surface area contributed by atoms with Gasteiger partial charge in [0.1, 0.15) is 10.6 Å². The van der Waals surface area contributed by atoms with Gasteiger partial charge in [-0.3, -0.25) is 5.32 Å². The van der Waals surface area contributed by atoms with Crippen molar-refractivity contribution in [1.82, 2.24) is 10.6 Å². The van der Waals surface area contributed by atoms with Gasteiger partial charge in [-0.15, -0.1) is 22.7 Å². The van der Waals surface area contributed by atoms with Gasteiger partial charge < -0.3 is 15.4 Å². The summed E-state index contributed by atoms with van der Waals surface area (Å²) in [5, 5.41) is 9.26. The van der Waals surface area contributed by atoms with Crippen LogP contribution in [0.15, 0.2) is 0 Å². The number of anilines is 1. The molecule has 2 aromatic heterocycles. The predicted molar refractivity (Wildman–Crippen MR) is 136 cm³/mol. The number of nitrogens with one attached hydrogen (secondary N) is 3. The highest BCUT2D eigenvalue weighted by molar-refractivity contribution is 7.17. The number of amides is 2. The summed E-state index contributed by atoms with van der Waals surface area (Å²) in [5.41, 5.74) is 2.14. The van der Waals surface area contributed by atoms with E-state index in [4.69, 9.17) is 4.74 Å². The van der Waals surface area contributed by atoms with E-state index >= 15 is 0 Å². The van der Waals surface area contributed by atoms with Crippen LogP contribution in [0, 0.1) is 0 Å². The van der Waals surface area contributed by atoms with Crippen molar-refractivity contribution in [3.63, 3.8) is 0 Å². The molecule has 1 aliphatic carbocycles. The highest BCUT2D eigenvalue weighted by Gasteiger charge is 2.34. The lowest BCUT2D eigenvalue weighted by atomic mass is 10.0. The number of aryl methyl sites for hydroxylation is 1. The average Bonchev–Trinajstić information content (AvgIpc) is 3.21. The summed E-state index contributed by atoms with van der Waals surface area (Å²) in [5.74, 6) is -3.43. The molecule has 0 unspecified atom stereocenters. The molecule has 1 aliphatic heterocycles. The minimum Gasteiger partial charge on any atom is -0.456 e. The molecule has 0 saturated carbocycles. The molecule has 35 heavy (non-hydrogen) atoms. The van der Waals surface area contributed by atoms with Crippen LogP contribution in [-0.2, 0) is 43.0 Å². The second-order valence-electron chi connectivity index (χ2n) is 10.2. The van der Waals surface area contributed by atoms with E-state index in [1.807, 2.05) is 20.8 Å². The molecule has 3 heterocycles. The lowest BCUT2D eigenvalue weighted by Gasteiger charge is -2.20. The van der Waals surface area contributed by atoms with Crippen LogP contribution >= 0.6 is 22.7 Å².